The van der Waals surface area contributed by atoms with E-state index in [2.05, 4.69) is 50.9 Å². The Kier molecular flexibility index (Phi) is 12.8. The number of benzene rings is 1. The number of aromatic nitrogens is 3. The van der Waals surface area contributed by atoms with Crippen molar-refractivity contribution in [3.8, 4) is 17.0 Å². The van der Waals surface area contributed by atoms with Crippen LogP contribution < -0.4 is 4.74 Å². The van der Waals surface area contributed by atoms with E-state index in [4.69, 9.17) is 21.3 Å². The average Bonchev–Trinajstić information content (AvgIpc) is 3.43. The largest absolute Gasteiger partial charge is 0.493 e. The lowest BCUT2D eigenvalue weighted by Gasteiger charge is -2.26. The summed E-state index contributed by atoms with van der Waals surface area (Å²) >= 11 is 6.16. The van der Waals surface area contributed by atoms with Gasteiger partial charge in [0.25, 0.3) is 0 Å². The smallest absolute Gasteiger partial charge is 0.170 e. The quantitative estimate of drug-likeness (QED) is 0.305. The van der Waals surface area contributed by atoms with Crippen LogP contribution in [0.2, 0.25) is 5.02 Å². The van der Waals surface area contributed by atoms with Gasteiger partial charge >= 0.3 is 0 Å². The number of allylic oxidation sites excluding steroid dienone is 2. The molecule has 1 atom stereocenters. The molecule has 6 heteroatoms. The molecule has 38 heavy (non-hydrogen) atoms. The van der Waals surface area contributed by atoms with Gasteiger partial charge in [-0.1, -0.05) is 79.0 Å². The third-order valence-electron chi connectivity index (χ3n) is 6.55. The molecule has 0 aliphatic carbocycles. The van der Waals surface area contributed by atoms with E-state index in [1.807, 2.05) is 57.4 Å². The van der Waals surface area contributed by atoms with E-state index in [1.165, 1.54) is 12.8 Å². The van der Waals surface area contributed by atoms with Crippen molar-refractivity contribution in [2.24, 2.45) is 5.92 Å². The lowest BCUT2D eigenvalue weighted by Crippen LogP contribution is -2.29. The Labute approximate surface area is 234 Å². The summed E-state index contributed by atoms with van der Waals surface area (Å²) in [7, 11) is 0. The number of pyridine rings is 1. The zero-order valence-corrected chi connectivity index (χ0v) is 25.1. The third kappa shape index (κ3) is 7.57. The van der Waals surface area contributed by atoms with Crippen LogP contribution in [-0.2, 0) is 17.6 Å². The minimum absolute atomic E-state index is 0.0760. The molecule has 0 saturated carbocycles. The highest BCUT2D eigenvalue weighted by Crippen LogP contribution is 2.35. The Bertz CT molecular complexity index is 1210. The molecule has 0 amide bonds. The molecule has 206 valence electrons. The van der Waals surface area contributed by atoms with E-state index < -0.39 is 0 Å². The number of hydrogen-bond acceptors (Lipinski definition) is 4. The van der Waals surface area contributed by atoms with E-state index in [0.717, 1.165) is 45.8 Å². The van der Waals surface area contributed by atoms with Gasteiger partial charge in [0.1, 0.15) is 5.75 Å². The van der Waals surface area contributed by atoms with Crippen molar-refractivity contribution in [1.82, 2.24) is 15.2 Å². The molecule has 3 heterocycles. The fourth-order valence-corrected chi connectivity index (χ4v) is 4.50. The number of aromatic amines is 1. The van der Waals surface area contributed by atoms with Crippen LogP contribution in [0.15, 0.2) is 42.7 Å². The summed E-state index contributed by atoms with van der Waals surface area (Å²) < 4.78 is 5.88. The molecule has 0 radical (unpaired) electrons. The van der Waals surface area contributed by atoms with E-state index in [9.17, 15) is 4.79 Å². The molecular weight excluding hydrogens is 494 g/mol. The number of aryl methyl sites for hydroxylation is 1. The molecule has 0 spiro atoms. The van der Waals surface area contributed by atoms with Gasteiger partial charge in [0.15, 0.2) is 5.78 Å². The van der Waals surface area contributed by atoms with Gasteiger partial charge < -0.3 is 4.74 Å². The van der Waals surface area contributed by atoms with Crippen molar-refractivity contribution in [3.63, 3.8) is 0 Å². The number of fused-ring (bicyclic) bond motifs is 1. The number of nitrogens with one attached hydrogen (secondary N) is 1. The summed E-state index contributed by atoms with van der Waals surface area (Å²) in [4.78, 5) is 18.3. The lowest BCUT2D eigenvalue weighted by atomic mass is 9.84. The second-order valence-corrected chi connectivity index (χ2v) is 9.89. The fraction of sp³-hybridized carbons (Fsp3) is 0.469. The third-order valence-corrected chi connectivity index (χ3v) is 6.78. The van der Waals surface area contributed by atoms with Crippen LogP contribution >= 0.6 is 11.6 Å². The maximum Gasteiger partial charge on any atom is 0.170 e. The van der Waals surface area contributed by atoms with Gasteiger partial charge in [-0.05, 0) is 61.1 Å². The van der Waals surface area contributed by atoms with Crippen LogP contribution in [0.3, 0.4) is 0 Å². The highest BCUT2D eigenvalue weighted by atomic mass is 35.5. The number of rotatable bonds is 7. The Balaban J connectivity index is 0.000000773. The predicted molar refractivity (Wildman–Crippen MR) is 160 cm³/mol. The van der Waals surface area contributed by atoms with E-state index in [-0.39, 0.29) is 17.6 Å². The first-order valence-corrected chi connectivity index (χ1v) is 14.4. The molecule has 1 aliphatic heterocycles. The predicted octanol–water partition coefficient (Wildman–Crippen LogP) is 8.87. The van der Waals surface area contributed by atoms with Crippen LogP contribution in [0.5, 0.6) is 5.75 Å². The van der Waals surface area contributed by atoms with Crippen LogP contribution in [0, 0.1) is 5.92 Å². The van der Waals surface area contributed by atoms with Crippen LogP contribution in [-0.4, -0.2) is 27.6 Å². The molecule has 1 aliphatic rings. The molecule has 1 N–H and O–H groups in total. The number of H-pyrrole nitrogens is 1. The zero-order valence-electron chi connectivity index (χ0n) is 24.3. The monoisotopic (exact) mass is 537 g/mol. The molecule has 4 rings (SSSR count). The normalized spacial score (nSPS) is 14.5. The summed E-state index contributed by atoms with van der Waals surface area (Å²) in [5.74, 6) is 0.856. The minimum Gasteiger partial charge on any atom is -0.493 e. The summed E-state index contributed by atoms with van der Waals surface area (Å²) in [5, 5.41) is 7.88. The molecule has 1 aromatic carbocycles. The van der Waals surface area contributed by atoms with Crippen LogP contribution in [0.25, 0.3) is 16.8 Å². The number of carbonyl (C=O) groups is 1. The van der Waals surface area contributed by atoms with Crippen molar-refractivity contribution in [3.05, 3.63) is 70.1 Å². The molecule has 3 aromatic rings. The van der Waals surface area contributed by atoms with E-state index >= 15 is 0 Å². The van der Waals surface area contributed by atoms with Gasteiger partial charge in [0.2, 0.25) is 0 Å². The minimum atomic E-state index is -0.257. The van der Waals surface area contributed by atoms with Gasteiger partial charge in [-0.3, -0.25) is 14.9 Å². The molecule has 1 unspecified atom stereocenters. The summed E-state index contributed by atoms with van der Waals surface area (Å²) in [5.41, 5.74) is 6.57. The second kappa shape index (κ2) is 15.5. The number of halogens is 1. The summed E-state index contributed by atoms with van der Waals surface area (Å²) in [6, 6.07) is 7.66. The maximum absolute atomic E-state index is 13.6. The first-order chi connectivity index (χ1) is 18.3. The van der Waals surface area contributed by atoms with Gasteiger partial charge in [-0.2, -0.15) is 5.10 Å². The summed E-state index contributed by atoms with van der Waals surface area (Å²) in [6.07, 6.45) is 9.65. The molecule has 0 saturated heterocycles. The number of carbonyl (C=O) groups excluding carboxylic acids is 1. The van der Waals surface area contributed by atoms with Crippen LogP contribution in [0.4, 0.5) is 0 Å². The number of Topliss-reactive ketones (excluding diaryl/α,β-unsaturated/α-hetero) is 1. The summed E-state index contributed by atoms with van der Waals surface area (Å²) in [6.45, 7) is 17.0. The topological polar surface area (TPSA) is 67.9 Å². The standard InChI is InChI=1S/C26H28ClN3O2.C4H10.C2H6/c1-5-19(26(31)17-9-16-10-18(27)7-8-25(16)32-14-17)21-12-28-24(11-20(21)15(3)4)22-13-29-30-23(22)6-2;1-3-4-2;1-2/h5,7-8,10-13,15,17H,6,9,14H2,1-4H3,(H,29,30);3-4H2,1-2H3;1-2H3/b19-5+;;. The van der Waals surface area contributed by atoms with Crippen molar-refractivity contribution in [2.45, 2.75) is 87.0 Å². The molecule has 0 fully saturated rings. The van der Waals surface area contributed by atoms with Crippen molar-refractivity contribution in [1.29, 1.82) is 0 Å². The van der Waals surface area contributed by atoms with E-state index in [1.54, 1.807) is 0 Å². The van der Waals surface area contributed by atoms with Crippen molar-refractivity contribution in [2.75, 3.05) is 6.61 Å². The van der Waals surface area contributed by atoms with Gasteiger partial charge in [0.05, 0.1) is 24.4 Å². The van der Waals surface area contributed by atoms with Crippen molar-refractivity contribution < 1.29 is 9.53 Å². The molecular formula is C32H44ClN3O2. The average molecular weight is 538 g/mol. The van der Waals surface area contributed by atoms with E-state index in [0.29, 0.717) is 23.6 Å². The SMILES string of the molecule is C/C=C(/C(=O)C1COc2ccc(Cl)cc2C1)c1cnc(-c2cn[nH]c2CC)cc1C(C)C.CC.CCCC. The molecule has 5 nitrogen and oxygen atoms in total. The Hall–Kier alpha value is -2.92. The number of unbranched alkanes of at least 4 members (excludes halogenated alkanes) is 1. The first kappa shape index (κ1) is 31.3. The number of hydrogen-bond donors (Lipinski definition) is 1. The lowest BCUT2D eigenvalue weighted by molar-refractivity contribution is -0.118. The highest BCUT2D eigenvalue weighted by Gasteiger charge is 2.30. The first-order valence-electron chi connectivity index (χ1n) is 14.0. The number of ketones is 1. The van der Waals surface area contributed by atoms with Crippen molar-refractivity contribution >= 4 is 23.0 Å². The van der Waals surface area contributed by atoms with Gasteiger partial charge in [0, 0.05) is 33.6 Å². The second-order valence-electron chi connectivity index (χ2n) is 9.46. The van der Waals surface area contributed by atoms with Gasteiger partial charge in [-0.15, -0.1) is 0 Å². The Morgan fingerprint density at radius 3 is 2.47 bits per heavy atom. The highest BCUT2D eigenvalue weighted by molar-refractivity contribution is 6.30. The zero-order chi connectivity index (χ0) is 28.2. The number of nitrogens with zero attached hydrogens (tertiary/aromatic N) is 2. The van der Waals surface area contributed by atoms with Gasteiger partial charge in [-0.25, -0.2) is 0 Å². The molecule has 2 aromatic heterocycles. The van der Waals surface area contributed by atoms with Crippen LogP contribution in [0.1, 0.15) is 96.5 Å². The molecule has 0 bridgehead atoms. The fourth-order valence-electron chi connectivity index (χ4n) is 4.31. The Morgan fingerprint density at radius 2 is 1.87 bits per heavy atom. The Morgan fingerprint density at radius 1 is 1.16 bits per heavy atom. The maximum atomic E-state index is 13.6. The number of ether oxygens (including phenoxy) is 1.